The van der Waals surface area contributed by atoms with Crippen LogP contribution >= 0.6 is 22.9 Å². The highest BCUT2D eigenvalue weighted by atomic mass is 35.5. The van der Waals surface area contributed by atoms with Gasteiger partial charge in [0.2, 0.25) is 0 Å². The molecule has 1 heterocycles. The quantitative estimate of drug-likeness (QED) is 0.772. The standard InChI is InChI=1S/C14H10ClN3OS/c15-9-5-7-10(8-6-9)18(13(16)19)14-17-11-3-1-2-4-12(11)20-14/h1-8H,(H2,16,19). The van der Waals surface area contributed by atoms with Gasteiger partial charge in [-0.1, -0.05) is 35.1 Å². The van der Waals surface area contributed by atoms with Gasteiger partial charge in [-0.2, -0.15) is 0 Å². The van der Waals surface area contributed by atoms with Crippen LogP contribution in [0, 0.1) is 0 Å². The topological polar surface area (TPSA) is 59.2 Å². The first-order chi connectivity index (χ1) is 9.65. The van der Waals surface area contributed by atoms with Crippen LogP contribution in [0.5, 0.6) is 0 Å². The number of primary amides is 1. The molecule has 3 rings (SSSR count). The van der Waals surface area contributed by atoms with Gasteiger partial charge in [-0.25, -0.2) is 14.7 Å². The number of thiazole rings is 1. The summed E-state index contributed by atoms with van der Waals surface area (Å²) in [5.74, 6) is 0. The monoisotopic (exact) mass is 303 g/mol. The Balaban J connectivity index is 2.10. The number of carbonyl (C=O) groups is 1. The minimum atomic E-state index is -0.577. The average molecular weight is 304 g/mol. The van der Waals surface area contributed by atoms with E-state index in [4.69, 9.17) is 17.3 Å². The van der Waals surface area contributed by atoms with E-state index in [-0.39, 0.29) is 0 Å². The van der Waals surface area contributed by atoms with Crippen molar-refractivity contribution in [2.45, 2.75) is 0 Å². The molecule has 2 amide bonds. The third-order valence-electron chi connectivity index (χ3n) is 2.78. The smallest absolute Gasteiger partial charge is 0.325 e. The molecule has 0 saturated heterocycles. The molecule has 0 spiro atoms. The first-order valence-corrected chi connectivity index (χ1v) is 7.05. The van der Waals surface area contributed by atoms with Crippen molar-refractivity contribution in [2.75, 3.05) is 4.90 Å². The summed E-state index contributed by atoms with van der Waals surface area (Å²) in [6, 6.07) is 14.0. The Labute approximate surface area is 124 Å². The van der Waals surface area contributed by atoms with E-state index in [1.165, 1.54) is 16.2 Å². The summed E-state index contributed by atoms with van der Waals surface area (Å²) in [5, 5.41) is 1.14. The molecule has 6 heteroatoms. The van der Waals surface area contributed by atoms with Crippen LogP contribution in [0.3, 0.4) is 0 Å². The molecule has 4 nitrogen and oxygen atoms in total. The van der Waals surface area contributed by atoms with Crippen molar-refractivity contribution in [2.24, 2.45) is 5.73 Å². The Bertz CT molecular complexity index is 736. The van der Waals surface area contributed by atoms with Gasteiger partial charge in [-0.3, -0.25) is 0 Å². The lowest BCUT2D eigenvalue weighted by molar-refractivity contribution is 0.256. The van der Waals surface area contributed by atoms with E-state index in [0.29, 0.717) is 15.8 Å². The highest BCUT2D eigenvalue weighted by molar-refractivity contribution is 7.22. The van der Waals surface area contributed by atoms with E-state index in [1.807, 2.05) is 24.3 Å². The van der Waals surface area contributed by atoms with Crippen LogP contribution in [0.4, 0.5) is 15.6 Å². The third-order valence-corrected chi connectivity index (χ3v) is 4.05. The SMILES string of the molecule is NC(=O)N(c1ccc(Cl)cc1)c1nc2ccccc2s1. The van der Waals surface area contributed by atoms with E-state index >= 15 is 0 Å². The number of para-hydroxylation sites is 1. The molecule has 0 radical (unpaired) electrons. The zero-order chi connectivity index (χ0) is 14.1. The molecule has 2 aromatic carbocycles. The first-order valence-electron chi connectivity index (χ1n) is 5.86. The first kappa shape index (κ1) is 12.9. The van der Waals surface area contributed by atoms with E-state index in [9.17, 15) is 4.79 Å². The molecule has 0 aliphatic heterocycles. The molecular formula is C14H10ClN3OS. The van der Waals surface area contributed by atoms with Gasteiger partial charge in [0.25, 0.3) is 0 Å². The second kappa shape index (κ2) is 5.11. The molecule has 3 aromatic rings. The number of benzene rings is 2. The van der Waals surface area contributed by atoms with Crippen LogP contribution in [0.15, 0.2) is 48.5 Å². The minimum absolute atomic E-state index is 0.543. The van der Waals surface area contributed by atoms with Crippen molar-refractivity contribution in [3.05, 3.63) is 53.6 Å². The lowest BCUT2D eigenvalue weighted by Crippen LogP contribution is -2.31. The summed E-state index contributed by atoms with van der Waals surface area (Å²) in [4.78, 5) is 17.6. The predicted molar refractivity (Wildman–Crippen MR) is 82.8 cm³/mol. The number of nitrogens with two attached hydrogens (primary N) is 1. The molecule has 0 aliphatic carbocycles. The third kappa shape index (κ3) is 2.33. The summed E-state index contributed by atoms with van der Waals surface area (Å²) in [6.45, 7) is 0. The number of hydrogen-bond donors (Lipinski definition) is 1. The molecule has 0 fully saturated rings. The van der Waals surface area contributed by atoms with E-state index in [1.54, 1.807) is 24.3 Å². The maximum Gasteiger partial charge on any atom is 0.325 e. The normalized spacial score (nSPS) is 10.7. The Morgan fingerprint density at radius 1 is 1.15 bits per heavy atom. The van der Waals surface area contributed by atoms with Crippen molar-refractivity contribution >= 4 is 50.0 Å². The number of anilines is 2. The lowest BCUT2D eigenvalue weighted by atomic mass is 10.3. The number of fused-ring (bicyclic) bond motifs is 1. The molecule has 100 valence electrons. The number of amides is 2. The minimum Gasteiger partial charge on any atom is -0.351 e. The van der Waals surface area contributed by atoms with E-state index < -0.39 is 6.03 Å². The number of nitrogens with zero attached hydrogens (tertiary/aromatic N) is 2. The highest BCUT2D eigenvalue weighted by Gasteiger charge is 2.19. The molecule has 0 atom stereocenters. The van der Waals surface area contributed by atoms with Gasteiger partial charge < -0.3 is 5.73 Å². The molecule has 0 saturated carbocycles. The fourth-order valence-electron chi connectivity index (χ4n) is 1.88. The lowest BCUT2D eigenvalue weighted by Gasteiger charge is -2.17. The Morgan fingerprint density at radius 2 is 1.85 bits per heavy atom. The van der Waals surface area contributed by atoms with Crippen LogP contribution in [0.25, 0.3) is 10.2 Å². The van der Waals surface area contributed by atoms with Gasteiger partial charge in [-0.05, 0) is 36.4 Å². The number of carbonyl (C=O) groups excluding carboxylic acids is 1. The number of urea groups is 1. The number of aromatic nitrogens is 1. The molecule has 0 aliphatic rings. The fraction of sp³-hybridized carbons (Fsp3) is 0. The molecule has 20 heavy (non-hydrogen) atoms. The van der Waals surface area contributed by atoms with Crippen LogP contribution in [0.2, 0.25) is 5.02 Å². The summed E-state index contributed by atoms with van der Waals surface area (Å²) in [5.41, 5.74) is 6.96. The Morgan fingerprint density at radius 3 is 2.50 bits per heavy atom. The van der Waals surface area contributed by atoms with Crippen LogP contribution in [-0.4, -0.2) is 11.0 Å². The molecule has 0 unspecified atom stereocenters. The van der Waals surface area contributed by atoms with Crippen molar-refractivity contribution < 1.29 is 4.79 Å². The Hall–Kier alpha value is -2.11. The van der Waals surface area contributed by atoms with Crippen LogP contribution in [0.1, 0.15) is 0 Å². The van der Waals surface area contributed by atoms with Gasteiger partial charge in [-0.15, -0.1) is 0 Å². The number of rotatable bonds is 2. The molecular weight excluding hydrogens is 294 g/mol. The van der Waals surface area contributed by atoms with Gasteiger partial charge in [0, 0.05) is 5.02 Å². The maximum absolute atomic E-state index is 11.7. The highest BCUT2D eigenvalue weighted by Crippen LogP contribution is 2.33. The van der Waals surface area contributed by atoms with Gasteiger partial charge in [0.1, 0.15) is 0 Å². The van der Waals surface area contributed by atoms with Gasteiger partial charge in [0.15, 0.2) is 5.13 Å². The predicted octanol–water partition coefficient (Wildman–Crippen LogP) is 4.17. The zero-order valence-corrected chi connectivity index (χ0v) is 11.9. The van der Waals surface area contributed by atoms with Gasteiger partial charge >= 0.3 is 6.03 Å². The Kier molecular flexibility index (Phi) is 3.30. The van der Waals surface area contributed by atoms with Gasteiger partial charge in [0.05, 0.1) is 15.9 Å². The summed E-state index contributed by atoms with van der Waals surface area (Å²) in [7, 11) is 0. The van der Waals surface area contributed by atoms with Crippen LogP contribution < -0.4 is 10.6 Å². The van der Waals surface area contributed by atoms with E-state index in [0.717, 1.165) is 10.2 Å². The fourth-order valence-corrected chi connectivity index (χ4v) is 3.00. The van der Waals surface area contributed by atoms with Crippen molar-refractivity contribution in [1.82, 2.24) is 4.98 Å². The summed E-state index contributed by atoms with van der Waals surface area (Å²) >= 11 is 7.27. The molecule has 1 aromatic heterocycles. The van der Waals surface area contributed by atoms with Crippen molar-refractivity contribution in [1.29, 1.82) is 0 Å². The summed E-state index contributed by atoms with van der Waals surface area (Å²) in [6.07, 6.45) is 0. The van der Waals surface area contributed by atoms with Crippen molar-refractivity contribution in [3.8, 4) is 0 Å². The van der Waals surface area contributed by atoms with E-state index in [2.05, 4.69) is 4.98 Å². The molecule has 0 bridgehead atoms. The van der Waals surface area contributed by atoms with Crippen LogP contribution in [-0.2, 0) is 0 Å². The van der Waals surface area contributed by atoms with Crippen molar-refractivity contribution in [3.63, 3.8) is 0 Å². The second-order valence-electron chi connectivity index (χ2n) is 4.11. The zero-order valence-electron chi connectivity index (χ0n) is 10.3. The number of halogens is 1. The maximum atomic E-state index is 11.7. The summed E-state index contributed by atoms with van der Waals surface area (Å²) < 4.78 is 1.00. The largest absolute Gasteiger partial charge is 0.351 e. The second-order valence-corrected chi connectivity index (χ2v) is 5.56. The molecule has 2 N–H and O–H groups in total. The number of hydrogen-bond acceptors (Lipinski definition) is 3. The average Bonchev–Trinajstić information content (AvgIpc) is 2.84.